The molecule has 1 heterocycles. The van der Waals surface area contributed by atoms with E-state index < -0.39 is 6.04 Å². The van der Waals surface area contributed by atoms with E-state index in [0.29, 0.717) is 12.5 Å². The number of amides is 1. The summed E-state index contributed by atoms with van der Waals surface area (Å²) in [5, 5.41) is 0. The van der Waals surface area contributed by atoms with Gasteiger partial charge in [0.1, 0.15) is 6.04 Å². The molecule has 2 atom stereocenters. The molecule has 0 bridgehead atoms. The lowest BCUT2D eigenvalue weighted by Crippen LogP contribution is -2.45. The number of carbonyl (C=O) groups is 1. The predicted octanol–water partition coefficient (Wildman–Crippen LogP) is 1.05. The minimum atomic E-state index is -0.527. The van der Waals surface area contributed by atoms with E-state index >= 15 is 0 Å². The molecule has 4 nitrogen and oxygen atoms in total. The van der Waals surface area contributed by atoms with Crippen molar-refractivity contribution in [3.63, 3.8) is 0 Å². The van der Waals surface area contributed by atoms with E-state index in [2.05, 4.69) is 24.3 Å². The minimum Gasteiger partial charge on any atom is -0.383 e. The molecule has 2 unspecified atom stereocenters. The van der Waals surface area contributed by atoms with Gasteiger partial charge in [0, 0.05) is 20.2 Å². The number of hydrogen-bond donors (Lipinski definition) is 1. The Labute approximate surface area is 114 Å². The largest absolute Gasteiger partial charge is 0.383 e. The van der Waals surface area contributed by atoms with Gasteiger partial charge in [-0.25, -0.2) is 0 Å². The van der Waals surface area contributed by atoms with E-state index in [4.69, 9.17) is 10.5 Å². The van der Waals surface area contributed by atoms with E-state index in [9.17, 15) is 4.79 Å². The molecule has 1 aliphatic heterocycles. The van der Waals surface area contributed by atoms with Crippen LogP contribution >= 0.6 is 0 Å². The summed E-state index contributed by atoms with van der Waals surface area (Å²) in [5.41, 5.74) is 7.13. The number of carbonyl (C=O) groups excluding carboxylic acids is 1. The van der Waals surface area contributed by atoms with Crippen LogP contribution in [-0.2, 0) is 16.0 Å². The number of ether oxygens (including phenoxy) is 1. The molecule has 4 heteroatoms. The minimum absolute atomic E-state index is 0.0115. The Kier molecular flexibility index (Phi) is 4.93. The zero-order chi connectivity index (χ0) is 13.7. The molecule has 1 aliphatic rings. The van der Waals surface area contributed by atoms with Gasteiger partial charge < -0.3 is 15.4 Å². The number of nitrogens with two attached hydrogens (primary N) is 1. The van der Waals surface area contributed by atoms with Crippen molar-refractivity contribution in [2.24, 2.45) is 11.7 Å². The molecule has 1 saturated heterocycles. The van der Waals surface area contributed by atoms with Crippen LogP contribution in [0.15, 0.2) is 30.3 Å². The van der Waals surface area contributed by atoms with Crippen LogP contribution in [0, 0.1) is 5.92 Å². The molecule has 0 saturated carbocycles. The van der Waals surface area contributed by atoms with Crippen LogP contribution in [0.25, 0.3) is 0 Å². The molecule has 1 amide bonds. The normalized spacial score (nSPS) is 20.5. The topological polar surface area (TPSA) is 55.6 Å². The van der Waals surface area contributed by atoms with Gasteiger partial charge >= 0.3 is 0 Å². The number of nitrogens with zero attached hydrogens (tertiary/aromatic N) is 1. The Balaban J connectivity index is 1.84. The van der Waals surface area contributed by atoms with Crippen LogP contribution in [0.1, 0.15) is 12.0 Å². The molecule has 104 valence electrons. The second-order valence-corrected chi connectivity index (χ2v) is 5.19. The van der Waals surface area contributed by atoms with Gasteiger partial charge in [0.25, 0.3) is 0 Å². The molecule has 0 spiro atoms. The van der Waals surface area contributed by atoms with E-state index in [1.807, 2.05) is 11.0 Å². The lowest BCUT2D eigenvalue weighted by atomic mass is 9.99. The zero-order valence-electron chi connectivity index (χ0n) is 11.4. The van der Waals surface area contributed by atoms with E-state index in [1.54, 1.807) is 7.11 Å². The van der Waals surface area contributed by atoms with Crippen LogP contribution in [0.5, 0.6) is 0 Å². The van der Waals surface area contributed by atoms with Gasteiger partial charge in [0.15, 0.2) is 0 Å². The number of benzene rings is 1. The summed E-state index contributed by atoms with van der Waals surface area (Å²) in [5.74, 6) is 0.554. The summed E-state index contributed by atoms with van der Waals surface area (Å²) >= 11 is 0. The summed E-state index contributed by atoms with van der Waals surface area (Å²) in [6.07, 6.45) is 2.09. The van der Waals surface area contributed by atoms with Crippen LogP contribution in [0.3, 0.4) is 0 Å². The third-order valence-corrected chi connectivity index (χ3v) is 3.63. The Hall–Kier alpha value is -1.39. The third-order valence-electron chi connectivity index (χ3n) is 3.63. The van der Waals surface area contributed by atoms with Crippen molar-refractivity contribution in [1.82, 2.24) is 4.90 Å². The second-order valence-electron chi connectivity index (χ2n) is 5.19. The van der Waals surface area contributed by atoms with Crippen LogP contribution in [0.4, 0.5) is 0 Å². The average Bonchev–Trinajstić information content (AvgIpc) is 2.88. The van der Waals surface area contributed by atoms with Crippen molar-refractivity contribution < 1.29 is 9.53 Å². The van der Waals surface area contributed by atoms with E-state index in [0.717, 1.165) is 25.9 Å². The summed E-state index contributed by atoms with van der Waals surface area (Å²) in [6.45, 7) is 1.91. The zero-order valence-corrected chi connectivity index (χ0v) is 11.4. The molecule has 0 aromatic heterocycles. The highest BCUT2D eigenvalue weighted by atomic mass is 16.5. The van der Waals surface area contributed by atoms with Gasteiger partial charge in [-0.15, -0.1) is 0 Å². The maximum absolute atomic E-state index is 12.1. The summed E-state index contributed by atoms with van der Waals surface area (Å²) in [7, 11) is 1.56. The molecule has 1 aromatic rings. The lowest BCUT2D eigenvalue weighted by molar-refractivity contribution is -0.132. The Morgan fingerprint density at radius 3 is 2.89 bits per heavy atom. The highest BCUT2D eigenvalue weighted by Crippen LogP contribution is 2.21. The van der Waals surface area contributed by atoms with Crippen molar-refractivity contribution in [3.05, 3.63) is 35.9 Å². The third kappa shape index (κ3) is 3.78. The Morgan fingerprint density at radius 2 is 2.21 bits per heavy atom. The number of likely N-dealkylation sites (tertiary alicyclic amines) is 1. The van der Waals surface area contributed by atoms with E-state index in [1.165, 1.54) is 5.56 Å². The predicted molar refractivity (Wildman–Crippen MR) is 74.7 cm³/mol. The highest BCUT2D eigenvalue weighted by molar-refractivity contribution is 5.82. The first-order chi connectivity index (χ1) is 9.20. The molecule has 1 fully saturated rings. The molecule has 0 aliphatic carbocycles. The maximum Gasteiger partial charge on any atom is 0.241 e. The van der Waals surface area contributed by atoms with Crippen molar-refractivity contribution >= 4 is 5.91 Å². The first kappa shape index (κ1) is 14.0. The monoisotopic (exact) mass is 262 g/mol. The standard InChI is InChI=1S/C15H22N2O2/c1-19-11-14(16)15(18)17-8-7-13(10-17)9-12-5-3-2-4-6-12/h2-6,13-14H,7-11,16H2,1H3. The number of methoxy groups -OCH3 is 1. The van der Waals surface area contributed by atoms with Crippen LogP contribution < -0.4 is 5.73 Å². The number of rotatable bonds is 5. The lowest BCUT2D eigenvalue weighted by Gasteiger charge is -2.20. The molecular formula is C15H22N2O2. The SMILES string of the molecule is COCC(N)C(=O)N1CCC(Cc2ccccc2)C1. The first-order valence-corrected chi connectivity index (χ1v) is 6.78. The fourth-order valence-corrected chi connectivity index (χ4v) is 2.63. The smallest absolute Gasteiger partial charge is 0.241 e. The average molecular weight is 262 g/mol. The maximum atomic E-state index is 12.1. The molecule has 19 heavy (non-hydrogen) atoms. The Morgan fingerprint density at radius 1 is 1.47 bits per heavy atom. The van der Waals surface area contributed by atoms with Crippen LogP contribution in [-0.4, -0.2) is 43.7 Å². The van der Waals surface area contributed by atoms with Gasteiger partial charge in [0.05, 0.1) is 6.61 Å². The van der Waals surface area contributed by atoms with Gasteiger partial charge in [-0.05, 0) is 24.3 Å². The molecular weight excluding hydrogens is 240 g/mol. The molecule has 2 N–H and O–H groups in total. The molecule has 0 radical (unpaired) electrons. The highest BCUT2D eigenvalue weighted by Gasteiger charge is 2.29. The summed E-state index contributed by atoms with van der Waals surface area (Å²) in [6, 6.07) is 9.89. The van der Waals surface area contributed by atoms with Crippen molar-refractivity contribution in [2.45, 2.75) is 18.9 Å². The van der Waals surface area contributed by atoms with Gasteiger partial charge in [-0.1, -0.05) is 30.3 Å². The Bertz CT molecular complexity index is 408. The van der Waals surface area contributed by atoms with Gasteiger partial charge in [0.2, 0.25) is 5.91 Å². The van der Waals surface area contributed by atoms with E-state index in [-0.39, 0.29) is 5.91 Å². The van der Waals surface area contributed by atoms with Gasteiger partial charge in [-0.3, -0.25) is 4.79 Å². The van der Waals surface area contributed by atoms with Crippen LogP contribution in [0.2, 0.25) is 0 Å². The number of hydrogen-bond acceptors (Lipinski definition) is 3. The van der Waals surface area contributed by atoms with Gasteiger partial charge in [-0.2, -0.15) is 0 Å². The first-order valence-electron chi connectivity index (χ1n) is 6.78. The van der Waals surface area contributed by atoms with Crippen molar-refractivity contribution in [3.8, 4) is 0 Å². The summed E-state index contributed by atoms with van der Waals surface area (Å²) < 4.78 is 4.93. The van der Waals surface area contributed by atoms with Crippen molar-refractivity contribution in [1.29, 1.82) is 0 Å². The molecule has 1 aromatic carbocycles. The fourth-order valence-electron chi connectivity index (χ4n) is 2.63. The quantitative estimate of drug-likeness (QED) is 0.863. The molecule has 2 rings (SSSR count). The fraction of sp³-hybridized carbons (Fsp3) is 0.533. The van der Waals surface area contributed by atoms with Crippen molar-refractivity contribution in [2.75, 3.05) is 26.8 Å². The second kappa shape index (κ2) is 6.68. The summed E-state index contributed by atoms with van der Waals surface area (Å²) in [4.78, 5) is 13.9.